The predicted octanol–water partition coefficient (Wildman–Crippen LogP) is 6.09. The highest BCUT2D eigenvalue weighted by atomic mass is 35.5. The summed E-state index contributed by atoms with van der Waals surface area (Å²) in [6, 6.07) is 4.36. The van der Waals surface area contributed by atoms with Gasteiger partial charge in [0.2, 0.25) is 0 Å². The molecule has 0 N–H and O–H groups in total. The summed E-state index contributed by atoms with van der Waals surface area (Å²) in [6.45, 7) is 5.73. The molecule has 0 fully saturated rings. The van der Waals surface area contributed by atoms with Crippen molar-refractivity contribution in [2.75, 3.05) is 0 Å². The smallest absolute Gasteiger partial charge is 0.0629 e. The van der Waals surface area contributed by atoms with E-state index in [9.17, 15) is 0 Å². The minimum atomic E-state index is -0.387. The summed E-state index contributed by atoms with van der Waals surface area (Å²) in [5.41, 5.74) is 3.58. The van der Waals surface area contributed by atoms with Crippen LogP contribution in [0.4, 0.5) is 0 Å². The first-order valence-electron chi connectivity index (χ1n) is 8.93. The lowest BCUT2D eigenvalue weighted by Crippen LogP contribution is -1.92. The molecule has 0 aliphatic heterocycles. The van der Waals surface area contributed by atoms with Gasteiger partial charge in [0.15, 0.2) is 0 Å². The molecule has 0 saturated heterocycles. The summed E-state index contributed by atoms with van der Waals surface area (Å²) < 4.78 is 40.3. The van der Waals surface area contributed by atoms with Crippen LogP contribution in [0, 0.1) is 20.8 Å². The fourth-order valence-corrected chi connectivity index (χ4v) is 2.81. The molecule has 0 radical (unpaired) electrons. The van der Waals surface area contributed by atoms with Gasteiger partial charge in [-0.15, -0.1) is 0 Å². The summed E-state index contributed by atoms with van der Waals surface area (Å²) in [6.07, 6.45) is 0. The Balaban J connectivity index is 2.59. The molecule has 3 aromatic carbocycles. The lowest BCUT2D eigenvalue weighted by molar-refractivity contribution is 1.36. The van der Waals surface area contributed by atoms with Crippen molar-refractivity contribution < 1.29 is 6.85 Å². The molecule has 3 rings (SSSR count). The summed E-state index contributed by atoms with van der Waals surface area (Å²) in [4.78, 5) is 0. The van der Waals surface area contributed by atoms with Crippen LogP contribution in [0.1, 0.15) is 23.5 Å². The van der Waals surface area contributed by atoms with Crippen LogP contribution < -0.4 is 0 Å². The van der Waals surface area contributed by atoms with E-state index in [0.29, 0.717) is 10.6 Å². The quantitative estimate of drug-likeness (QED) is 0.508. The molecule has 0 aliphatic carbocycles. The highest BCUT2D eigenvalue weighted by Crippen LogP contribution is 2.39. The van der Waals surface area contributed by atoms with Crippen LogP contribution in [0.3, 0.4) is 0 Å². The zero-order chi connectivity index (χ0) is 18.6. The lowest BCUT2D eigenvalue weighted by Gasteiger charge is -2.16. The van der Waals surface area contributed by atoms with E-state index in [2.05, 4.69) is 0 Å². The Kier molecular flexibility index (Phi) is 2.10. The highest BCUT2D eigenvalue weighted by Gasteiger charge is 2.14. The number of benzene rings is 3. The Labute approximate surface area is 132 Å². The Bertz CT molecular complexity index is 1010. The zero-order valence-electron chi connectivity index (χ0n) is 16.6. The number of halogens is 1. The first-order chi connectivity index (χ1) is 11.7. The minimum Gasteiger partial charge on any atom is -0.0834 e. The molecule has 0 unspecified atom stereocenters. The van der Waals surface area contributed by atoms with Gasteiger partial charge in [-0.05, 0) is 54.5 Å². The van der Waals surface area contributed by atoms with E-state index >= 15 is 0 Å². The van der Waals surface area contributed by atoms with Gasteiger partial charge in [-0.1, -0.05) is 59.5 Å². The number of rotatable bonds is 1. The Morgan fingerprint density at radius 1 is 0.900 bits per heavy atom. The first kappa shape index (κ1) is 8.49. The third-order valence-corrected chi connectivity index (χ3v) is 4.18. The van der Waals surface area contributed by atoms with Crippen LogP contribution in [0.25, 0.3) is 21.9 Å². The second kappa shape index (κ2) is 4.96. The number of fused-ring (bicyclic) bond motifs is 1. The highest BCUT2D eigenvalue weighted by molar-refractivity contribution is 6.37. The SMILES string of the molecule is [2H]c1c([2H])c([2H])c(-c2c(C)c(C)c(Cl)c3cc(C)ccc23)c([2H])c1[2H]. The standard InChI is InChI=1S/C19H17Cl/c1-12-9-10-16-17(11-12)19(20)14(3)13(2)18(16)15-7-5-4-6-8-15/h4-11H,1-3H3/i4D,5D,6D,7D,8D. The molecule has 0 amide bonds. The topological polar surface area (TPSA) is 0 Å². The van der Waals surface area contributed by atoms with Crippen LogP contribution >= 0.6 is 11.6 Å². The van der Waals surface area contributed by atoms with E-state index in [1.165, 1.54) is 0 Å². The molecule has 3 aromatic rings. The maximum absolute atomic E-state index is 8.31. The van der Waals surface area contributed by atoms with Crippen molar-refractivity contribution in [3.63, 3.8) is 0 Å². The van der Waals surface area contributed by atoms with E-state index in [1.807, 2.05) is 39.0 Å². The summed E-state index contributed by atoms with van der Waals surface area (Å²) in [5, 5.41) is 2.25. The van der Waals surface area contributed by atoms with Gasteiger partial charge in [-0.3, -0.25) is 0 Å². The average Bonchev–Trinajstić information content (AvgIpc) is 2.59. The van der Waals surface area contributed by atoms with Crippen molar-refractivity contribution in [3.05, 3.63) is 70.1 Å². The van der Waals surface area contributed by atoms with Crippen molar-refractivity contribution in [3.8, 4) is 11.1 Å². The molecule has 0 nitrogen and oxygen atoms in total. The van der Waals surface area contributed by atoms with Crippen LogP contribution in [-0.4, -0.2) is 0 Å². The summed E-state index contributed by atoms with van der Waals surface area (Å²) in [5.74, 6) is 0. The molecule has 0 atom stereocenters. The van der Waals surface area contributed by atoms with Crippen LogP contribution in [-0.2, 0) is 0 Å². The first-order valence-corrected chi connectivity index (χ1v) is 6.80. The van der Waals surface area contributed by atoms with E-state index in [0.717, 1.165) is 27.5 Å². The average molecular weight is 286 g/mol. The molecule has 0 bridgehead atoms. The molecule has 0 aliphatic rings. The Morgan fingerprint density at radius 3 is 2.30 bits per heavy atom. The van der Waals surface area contributed by atoms with E-state index in [-0.39, 0.29) is 35.8 Å². The summed E-state index contributed by atoms with van der Waals surface area (Å²) in [7, 11) is 0. The van der Waals surface area contributed by atoms with Crippen LogP contribution in [0.15, 0.2) is 48.4 Å². The Morgan fingerprint density at radius 2 is 1.60 bits per heavy atom. The third kappa shape index (κ3) is 2.01. The fraction of sp³-hybridized carbons (Fsp3) is 0.158. The maximum atomic E-state index is 8.31. The molecule has 100 valence electrons. The van der Waals surface area contributed by atoms with Crippen molar-refractivity contribution in [2.45, 2.75) is 20.8 Å². The Hall–Kier alpha value is -1.79. The second-order valence-corrected chi connectivity index (χ2v) is 5.37. The molecule has 0 spiro atoms. The van der Waals surface area contributed by atoms with Gasteiger partial charge < -0.3 is 0 Å². The maximum Gasteiger partial charge on any atom is 0.0629 e. The second-order valence-electron chi connectivity index (χ2n) is 4.99. The van der Waals surface area contributed by atoms with Crippen molar-refractivity contribution in [1.82, 2.24) is 0 Å². The van der Waals surface area contributed by atoms with E-state index in [4.69, 9.17) is 18.5 Å². The van der Waals surface area contributed by atoms with Gasteiger partial charge in [-0.2, -0.15) is 0 Å². The molecule has 1 heteroatoms. The molecule has 0 saturated carbocycles. The minimum absolute atomic E-state index is 0.197. The van der Waals surface area contributed by atoms with Crippen molar-refractivity contribution >= 4 is 22.4 Å². The van der Waals surface area contributed by atoms with Gasteiger partial charge in [0.25, 0.3) is 0 Å². The number of hydrogen-bond acceptors (Lipinski definition) is 0. The van der Waals surface area contributed by atoms with Gasteiger partial charge >= 0.3 is 0 Å². The lowest BCUT2D eigenvalue weighted by atomic mass is 9.90. The third-order valence-electron chi connectivity index (χ3n) is 3.70. The van der Waals surface area contributed by atoms with Crippen LogP contribution in [0.5, 0.6) is 0 Å². The number of hydrogen-bond donors (Lipinski definition) is 0. The molecule has 20 heavy (non-hydrogen) atoms. The fourth-order valence-electron chi connectivity index (χ4n) is 2.51. The van der Waals surface area contributed by atoms with Gasteiger partial charge in [0.05, 0.1) is 11.9 Å². The van der Waals surface area contributed by atoms with Gasteiger partial charge in [-0.25, -0.2) is 0 Å². The predicted molar refractivity (Wildman–Crippen MR) is 88.6 cm³/mol. The normalized spacial score (nSPS) is 14.5. The molecule has 0 heterocycles. The molecule has 0 aromatic heterocycles. The summed E-state index contributed by atoms with van der Waals surface area (Å²) >= 11 is 6.53. The largest absolute Gasteiger partial charge is 0.0834 e. The zero-order valence-corrected chi connectivity index (χ0v) is 12.4. The van der Waals surface area contributed by atoms with Gasteiger partial charge in [0.1, 0.15) is 0 Å². The van der Waals surface area contributed by atoms with E-state index in [1.54, 1.807) is 0 Å². The monoisotopic (exact) mass is 285 g/mol. The van der Waals surface area contributed by atoms with Crippen molar-refractivity contribution in [1.29, 1.82) is 0 Å². The van der Waals surface area contributed by atoms with E-state index < -0.39 is 0 Å². The van der Waals surface area contributed by atoms with Crippen molar-refractivity contribution in [2.24, 2.45) is 0 Å². The van der Waals surface area contributed by atoms with Gasteiger partial charge in [0, 0.05) is 5.39 Å². The van der Waals surface area contributed by atoms with Crippen LogP contribution in [0.2, 0.25) is 5.02 Å². The molecular weight excluding hydrogens is 264 g/mol. The molecular formula is C19H17Cl. The number of aryl methyl sites for hydroxylation is 1.